The highest BCUT2D eigenvalue weighted by atomic mass is 32.1. The van der Waals surface area contributed by atoms with E-state index in [-0.39, 0.29) is 61.2 Å². The van der Waals surface area contributed by atoms with Crippen molar-refractivity contribution in [3.05, 3.63) is 45.9 Å². The third-order valence-corrected chi connectivity index (χ3v) is 11.8. The van der Waals surface area contributed by atoms with E-state index in [0.717, 1.165) is 36.3 Å². The summed E-state index contributed by atoms with van der Waals surface area (Å²) in [5.41, 5.74) is 3.02. The molecule has 2 heterocycles. The number of hydrazine groups is 1. The minimum Gasteiger partial charge on any atom is -0.508 e. The second-order valence-electron chi connectivity index (χ2n) is 16.0. The van der Waals surface area contributed by atoms with Crippen molar-refractivity contribution in [3.8, 4) is 5.75 Å². The average molecular weight is 844 g/mol. The lowest BCUT2D eigenvalue weighted by Crippen LogP contribution is -2.59. The zero-order valence-electron chi connectivity index (χ0n) is 35.8. The van der Waals surface area contributed by atoms with Crippen molar-refractivity contribution in [2.45, 2.75) is 137 Å². The number of nitrogens with two attached hydrogens (primary N) is 1. The van der Waals surface area contributed by atoms with Crippen molar-refractivity contribution in [2.24, 2.45) is 23.6 Å². The van der Waals surface area contributed by atoms with Gasteiger partial charge in [-0.3, -0.25) is 39.1 Å². The summed E-state index contributed by atoms with van der Waals surface area (Å²) < 4.78 is 11.5. The number of carbonyl (C=O) groups is 6. The number of amides is 4. The van der Waals surface area contributed by atoms with E-state index < -0.39 is 59.8 Å². The number of thiazole rings is 1. The van der Waals surface area contributed by atoms with Gasteiger partial charge >= 0.3 is 11.9 Å². The molecule has 16 nitrogen and oxygen atoms in total. The Balaban J connectivity index is 1.95. The molecule has 4 amide bonds. The molecule has 2 aromatic rings. The van der Waals surface area contributed by atoms with Crippen LogP contribution in [0.2, 0.25) is 0 Å². The molecule has 1 aliphatic rings. The molecule has 59 heavy (non-hydrogen) atoms. The summed E-state index contributed by atoms with van der Waals surface area (Å²) in [6.07, 6.45) is 3.51. The molecule has 1 saturated heterocycles. The molecule has 1 aromatic heterocycles. The van der Waals surface area contributed by atoms with Crippen molar-refractivity contribution in [2.75, 3.05) is 20.3 Å². The largest absolute Gasteiger partial charge is 0.508 e. The summed E-state index contributed by atoms with van der Waals surface area (Å²) in [5, 5.41) is 17.6. The van der Waals surface area contributed by atoms with Crippen LogP contribution in [0.5, 0.6) is 5.75 Å². The van der Waals surface area contributed by atoms with Gasteiger partial charge in [-0.25, -0.2) is 10.8 Å². The molecule has 1 fully saturated rings. The first-order valence-electron chi connectivity index (χ1n) is 20.7. The highest BCUT2D eigenvalue weighted by Crippen LogP contribution is 2.32. The van der Waals surface area contributed by atoms with Gasteiger partial charge in [-0.1, -0.05) is 66.5 Å². The normalized spacial score (nSPS) is 17.4. The summed E-state index contributed by atoms with van der Waals surface area (Å²) in [4.78, 5) is 87.8. The van der Waals surface area contributed by atoms with Gasteiger partial charge in [0.2, 0.25) is 17.7 Å². The van der Waals surface area contributed by atoms with E-state index in [2.05, 4.69) is 21.0 Å². The maximum absolute atomic E-state index is 14.8. The zero-order chi connectivity index (χ0) is 43.8. The standard InChI is InChI=1S/C42H65N7O9S/c1-9-13-36(52)57-24-49(42(56)37(26(5)10-2)46-40(55)33-14-11-12-19-48(33)8)34(25(3)4)22-35(58-28(7)50)41-45-32(23-59-41)39(54)44-30(20-27(6)38(53)47-43)21-29-15-17-31(51)18-16-29/h15-18,23,25-27,30,33-35,37,51H,9-14,19-22,24,43H2,1-8H3,(H,44,54)(H,46,55)(H,47,53)/t26?,27-,30+,33+,34?,35+,37?/m0/s1. The molecule has 0 bridgehead atoms. The lowest BCUT2D eigenvalue weighted by atomic mass is 9.92. The third-order valence-electron chi connectivity index (χ3n) is 10.9. The van der Waals surface area contributed by atoms with Gasteiger partial charge in [0.1, 0.15) is 22.5 Å². The molecule has 0 spiro atoms. The van der Waals surface area contributed by atoms with Gasteiger partial charge in [-0.15, -0.1) is 11.3 Å². The van der Waals surface area contributed by atoms with Gasteiger partial charge in [0.15, 0.2) is 12.8 Å². The first kappa shape index (κ1) is 48.8. The van der Waals surface area contributed by atoms with E-state index in [1.54, 1.807) is 24.4 Å². The van der Waals surface area contributed by atoms with E-state index in [0.29, 0.717) is 30.7 Å². The quantitative estimate of drug-likeness (QED) is 0.0367. The van der Waals surface area contributed by atoms with E-state index in [9.17, 15) is 33.9 Å². The minimum absolute atomic E-state index is 0.0462. The van der Waals surface area contributed by atoms with Crippen LogP contribution < -0.4 is 21.9 Å². The fraction of sp³-hybridized carbons (Fsp3) is 0.643. The van der Waals surface area contributed by atoms with Crippen LogP contribution >= 0.6 is 11.3 Å². The summed E-state index contributed by atoms with van der Waals surface area (Å²) in [6, 6.07) is 4.04. The van der Waals surface area contributed by atoms with E-state index >= 15 is 0 Å². The predicted octanol–water partition coefficient (Wildman–Crippen LogP) is 4.37. The first-order chi connectivity index (χ1) is 28.0. The first-order valence-corrected chi connectivity index (χ1v) is 21.6. The summed E-state index contributed by atoms with van der Waals surface area (Å²) in [7, 11) is 1.90. The van der Waals surface area contributed by atoms with Crippen molar-refractivity contribution >= 4 is 46.9 Å². The SMILES string of the molecule is CCCC(=O)OCN(C(=O)C(NC(=O)[C@H]1CCCCN1C)C(C)CC)C(C[C@@H](OC(C)=O)c1nc(C(=O)N[C@@H](Cc2ccc(O)cc2)C[C@H](C)C(=O)NN)cs1)C(C)C. The topological polar surface area (TPSA) is 223 Å². The number of piperidine rings is 1. The molecule has 3 unspecified atom stereocenters. The molecular weight excluding hydrogens is 779 g/mol. The van der Waals surface area contributed by atoms with E-state index in [1.165, 1.54) is 24.0 Å². The lowest BCUT2D eigenvalue weighted by molar-refractivity contribution is -0.160. The van der Waals surface area contributed by atoms with Crippen molar-refractivity contribution in [1.29, 1.82) is 0 Å². The molecule has 0 saturated carbocycles. The molecule has 7 atom stereocenters. The Labute approximate surface area is 352 Å². The van der Waals surface area contributed by atoms with Gasteiger partial charge in [-0.2, -0.15) is 0 Å². The average Bonchev–Trinajstić information content (AvgIpc) is 3.70. The number of ether oxygens (including phenoxy) is 2. The number of rotatable bonds is 22. The number of benzene rings is 1. The maximum Gasteiger partial charge on any atom is 0.307 e. The van der Waals surface area contributed by atoms with E-state index in [1.807, 2.05) is 46.6 Å². The minimum atomic E-state index is -0.998. The monoisotopic (exact) mass is 843 g/mol. The van der Waals surface area contributed by atoms with Crippen LogP contribution in [0.3, 0.4) is 0 Å². The van der Waals surface area contributed by atoms with Crippen molar-refractivity contribution in [1.82, 2.24) is 30.8 Å². The fourth-order valence-electron chi connectivity index (χ4n) is 7.22. The lowest BCUT2D eigenvalue weighted by Gasteiger charge is -2.39. The molecular formula is C42H65N7O9S. The van der Waals surface area contributed by atoms with Crippen molar-refractivity contribution < 1.29 is 43.3 Å². The number of nitrogens with one attached hydrogen (secondary N) is 3. The number of esters is 2. The number of aromatic nitrogens is 1. The molecule has 3 rings (SSSR count). The van der Waals surface area contributed by atoms with Gasteiger partial charge in [0, 0.05) is 43.1 Å². The Hall–Kier alpha value is -4.61. The van der Waals surface area contributed by atoms with E-state index in [4.69, 9.17) is 15.3 Å². The number of nitrogens with zero attached hydrogens (tertiary/aromatic N) is 3. The van der Waals surface area contributed by atoms with Gasteiger partial charge in [0.25, 0.3) is 5.91 Å². The number of likely N-dealkylation sites (N-methyl/N-ethyl adjacent to an activating group) is 1. The summed E-state index contributed by atoms with van der Waals surface area (Å²) in [5.74, 6) is 1.76. The molecule has 1 aromatic carbocycles. The third kappa shape index (κ3) is 14.9. The highest BCUT2D eigenvalue weighted by molar-refractivity contribution is 7.09. The van der Waals surface area contributed by atoms with Crippen LogP contribution in [0.15, 0.2) is 29.6 Å². The van der Waals surface area contributed by atoms with Gasteiger partial charge in [-0.05, 0) is 75.2 Å². The number of hydrogen-bond acceptors (Lipinski definition) is 13. The molecule has 6 N–H and O–H groups in total. The highest BCUT2D eigenvalue weighted by Gasteiger charge is 2.39. The van der Waals surface area contributed by atoms with Gasteiger partial charge < -0.3 is 30.1 Å². The Morgan fingerprint density at radius 3 is 2.32 bits per heavy atom. The number of aromatic hydroxyl groups is 1. The molecule has 328 valence electrons. The Morgan fingerprint density at radius 2 is 1.73 bits per heavy atom. The second-order valence-corrected chi connectivity index (χ2v) is 16.9. The number of phenols is 1. The summed E-state index contributed by atoms with van der Waals surface area (Å²) >= 11 is 1.11. The number of hydrogen-bond donors (Lipinski definition) is 5. The molecule has 1 aliphatic heterocycles. The number of likely N-dealkylation sites (tertiary alicyclic amines) is 1. The Kier molecular flexibility index (Phi) is 19.7. The smallest absolute Gasteiger partial charge is 0.307 e. The van der Waals surface area contributed by atoms with Crippen LogP contribution in [0.1, 0.15) is 127 Å². The number of phenolic OH excluding ortho intramolecular Hbond substituents is 1. The van der Waals surface area contributed by atoms with Crippen LogP contribution in [0, 0.1) is 17.8 Å². The van der Waals surface area contributed by atoms with Crippen LogP contribution in [-0.4, -0.2) is 99.9 Å². The van der Waals surface area contributed by atoms with Gasteiger partial charge in [0.05, 0.1) is 6.04 Å². The maximum atomic E-state index is 14.8. The van der Waals surface area contributed by atoms with Crippen molar-refractivity contribution in [3.63, 3.8) is 0 Å². The molecule has 0 aliphatic carbocycles. The second kappa shape index (κ2) is 23.8. The van der Waals surface area contributed by atoms with Crippen LogP contribution in [-0.2, 0) is 39.9 Å². The Morgan fingerprint density at radius 1 is 1.03 bits per heavy atom. The predicted molar refractivity (Wildman–Crippen MR) is 223 cm³/mol. The fourth-order valence-corrected chi connectivity index (χ4v) is 8.06. The number of carbonyl (C=O) groups excluding carboxylic acids is 6. The molecule has 0 radical (unpaired) electrons. The Bertz CT molecular complexity index is 1700. The zero-order valence-corrected chi connectivity index (χ0v) is 36.6. The summed E-state index contributed by atoms with van der Waals surface area (Å²) in [6.45, 7) is 12.8. The van der Waals surface area contributed by atoms with Crippen LogP contribution in [0.25, 0.3) is 0 Å². The molecule has 17 heteroatoms. The van der Waals surface area contributed by atoms with Crippen LogP contribution in [0.4, 0.5) is 0 Å².